The van der Waals surface area contributed by atoms with E-state index in [2.05, 4.69) is 17.6 Å². The summed E-state index contributed by atoms with van der Waals surface area (Å²) in [5.74, 6) is -0.227. The van der Waals surface area contributed by atoms with Crippen LogP contribution >= 0.6 is 11.3 Å². The smallest absolute Gasteiger partial charge is 0.262 e. The zero-order valence-corrected chi connectivity index (χ0v) is 12.7. The molecule has 0 spiro atoms. The van der Waals surface area contributed by atoms with E-state index in [0.29, 0.717) is 17.2 Å². The molecule has 2 heterocycles. The van der Waals surface area contributed by atoms with Gasteiger partial charge in [0, 0.05) is 11.3 Å². The van der Waals surface area contributed by atoms with Gasteiger partial charge in [-0.3, -0.25) is 19.7 Å². The Balaban J connectivity index is 1.68. The summed E-state index contributed by atoms with van der Waals surface area (Å²) in [7, 11) is 0. The first-order valence-corrected chi connectivity index (χ1v) is 8.10. The molecule has 3 amide bonds. The number of hydrogen-bond acceptors (Lipinski definition) is 4. The van der Waals surface area contributed by atoms with Gasteiger partial charge in [0.15, 0.2) is 0 Å². The number of fused-ring (bicyclic) bond motifs is 1. The van der Waals surface area contributed by atoms with Crippen LogP contribution in [0, 0.1) is 5.92 Å². The molecule has 0 aromatic carbocycles. The first-order valence-electron chi connectivity index (χ1n) is 7.29. The number of nitrogens with one attached hydrogen (secondary N) is 2. The van der Waals surface area contributed by atoms with Gasteiger partial charge in [0.2, 0.25) is 11.8 Å². The summed E-state index contributed by atoms with van der Waals surface area (Å²) < 4.78 is 0. The van der Waals surface area contributed by atoms with E-state index in [0.717, 1.165) is 12.8 Å². The van der Waals surface area contributed by atoms with Gasteiger partial charge >= 0.3 is 0 Å². The second-order valence-corrected chi connectivity index (χ2v) is 7.02. The number of carbonyl (C=O) groups excluding carboxylic acids is 3. The Labute approximate surface area is 127 Å². The van der Waals surface area contributed by atoms with Crippen molar-refractivity contribution in [3.63, 3.8) is 0 Å². The maximum Gasteiger partial charge on any atom is 0.262 e. The van der Waals surface area contributed by atoms with Crippen molar-refractivity contribution in [2.75, 3.05) is 0 Å². The van der Waals surface area contributed by atoms with Crippen molar-refractivity contribution in [3.8, 4) is 0 Å². The Hall–Kier alpha value is -1.69. The van der Waals surface area contributed by atoms with Crippen LogP contribution in [0.3, 0.4) is 0 Å². The van der Waals surface area contributed by atoms with Crippen molar-refractivity contribution < 1.29 is 14.4 Å². The van der Waals surface area contributed by atoms with Crippen LogP contribution in [0.2, 0.25) is 0 Å². The summed E-state index contributed by atoms with van der Waals surface area (Å²) in [6, 6.07) is 1.35. The average Bonchev–Trinajstić information content (AvgIpc) is 2.85. The molecule has 21 heavy (non-hydrogen) atoms. The Morgan fingerprint density at radius 3 is 2.90 bits per heavy atom. The third-order valence-electron chi connectivity index (χ3n) is 4.10. The number of aryl methyl sites for hydroxylation is 1. The van der Waals surface area contributed by atoms with E-state index in [-0.39, 0.29) is 18.2 Å². The minimum Gasteiger partial charge on any atom is -0.340 e. The fourth-order valence-corrected chi connectivity index (χ4v) is 3.99. The zero-order chi connectivity index (χ0) is 15.0. The summed E-state index contributed by atoms with van der Waals surface area (Å²) in [5.41, 5.74) is 1.27. The van der Waals surface area contributed by atoms with Gasteiger partial charge < -0.3 is 5.32 Å². The maximum absolute atomic E-state index is 12.3. The highest BCUT2D eigenvalue weighted by molar-refractivity contribution is 7.14. The van der Waals surface area contributed by atoms with Gasteiger partial charge in [-0.25, -0.2) is 0 Å². The quantitative estimate of drug-likeness (QED) is 0.811. The summed E-state index contributed by atoms with van der Waals surface area (Å²) in [6.45, 7) is 2.23. The lowest BCUT2D eigenvalue weighted by molar-refractivity contribution is -0.134. The lowest BCUT2D eigenvalue weighted by Crippen LogP contribution is -2.52. The molecular weight excluding hydrogens is 288 g/mol. The lowest BCUT2D eigenvalue weighted by Gasteiger charge is -2.21. The Morgan fingerprint density at radius 1 is 1.33 bits per heavy atom. The molecule has 1 aliphatic heterocycles. The van der Waals surface area contributed by atoms with Crippen molar-refractivity contribution >= 4 is 29.1 Å². The molecule has 0 saturated carbocycles. The van der Waals surface area contributed by atoms with E-state index in [9.17, 15) is 14.4 Å². The molecule has 2 aliphatic rings. The molecule has 1 aromatic heterocycles. The molecule has 2 unspecified atom stereocenters. The second kappa shape index (κ2) is 5.60. The van der Waals surface area contributed by atoms with Crippen LogP contribution < -0.4 is 10.6 Å². The number of thiophene rings is 1. The summed E-state index contributed by atoms with van der Waals surface area (Å²) >= 11 is 1.53. The van der Waals surface area contributed by atoms with Gasteiger partial charge in [-0.05, 0) is 43.2 Å². The van der Waals surface area contributed by atoms with Crippen LogP contribution in [-0.4, -0.2) is 23.8 Å². The third-order valence-corrected chi connectivity index (χ3v) is 5.33. The fourth-order valence-electron chi connectivity index (χ4n) is 2.88. The normalized spacial score (nSPS) is 25.2. The van der Waals surface area contributed by atoms with Crippen molar-refractivity contribution in [2.45, 2.75) is 45.1 Å². The topological polar surface area (TPSA) is 75.3 Å². The molecular formula is C15H18N2O3S. The molecule has 1 fully saturated rings. The first-order chi connectivity index (χ1) is 10.0. The fraction of sp³-hybridized carbons (Fsp3) is 0.533. The molecule has 112 valence electrons. The largest absolute Gasteiger partial charge is 0.340 e. The molecule has 1 aliphatic carbocycles. The number of piperidine rings is 1. The van der Waals surface area contributed by atoms with Gasteiger partial charge in [-0.2, -0.15) is 0 Å². The van der Waals surface area contributed by atoms with Crippen LogP contribution in [0.25, 0.3) is 0 Å². The maximum atomic E-state index is 12.3. The molecule has 3 rings (SSSR count). The molecule has 1 aromatic rings. The van der Waals surface area contributed by atoms with Crippen LogP contribution in [0.5, 0.6) is 0 Å². The van der Waals surface area contributed by atoms with Gasteiger partial charge in [0.1, 0.15) is 6.04 Å². The van der Waals surface area contributed by atoms with Gasteiger partial charge in [0.25, 0.3) is 5.91 Å². The molecule has 5 nitrogen and oxygen atoms in total. The van der Waals surface area contributed by atoms with E-state index in [1.54, 1.807) is 0 Å². The molecule has 6 heteroatoms. The predicted octanol–water partition coefficient (Wildman–Crippen LogP) is 1.41. The first kappa shape index (κ1) is 14.3. The molecule has 2 atom stereocenters. The molecule has 0 radical (unpaired) electrons. The minimum atomic E-state index is -0.603. The van der Waals surface area contributed by atoms with E-state index in [1.807, 2.05) is 6.07 Å². The van der Waals surface area contributed by atoms with Gasteiger partial charge in [0.05, 0.1) is 4.88 Å². The van der Waals surface area contributed by atoms with Crippen LogP contribution in [0.15, 0.2) is 6.07 Å². The predicted molar refractivity (Wildman–Crippen MR) is 79.1 cm³/mol. The molecule has 2 N–H and O–H groups in total. The second-order valence-electron chi connectivity index (χ2n) is 5.88. The Bertz CT molecular complexity index is 608. The van der Waals surface area contributed by atoms with Crippen LogP contribution in [0.1, 0.15) is 46.3 Å². The van der Waals surface area contributed by atoms with Crippen LogP contribution in [-0.2, 0) is 22.4 Å². The van der Waals surface area contributed by atoms with E-state index < -0.39 is 11.9 Å². The van der Waals surface area contributed by atoms with Crippen molar-refractivity contribution in [3.05, 3.63) is 21.4 Å². The highest BCUT2D eigenvalue weighted by atomic mass is 32.1. The van der Waals surface area contributed by atoms with Crippen molar-refractivity contribution in [1.29, 1.82) is 0 Å². The third kappa shape index (κ3) is 3.00. The molecule has 1 saturated heterocycles. The van der Waals surface area contributed by atoms with Gasteiger partial charge in [-0.1, -0.05) is 6.92 Å². The standard InChI is InChI=1S/C15H18N2O3S/c1-8-2-4-11-9(6-8)7-12(21-11)15(20)16-10-3-5-13(18)17-14(10)19/h7-8,10H,2-6H2,1H3,(H,16,20)(H,17,18,19). The minimum absolute atomic E-state index is 0.212. The van der Waals surface area contributed by atoms with Gasteiger partial charge in [-0.15, -0.1) is 11.3 Å². The molecule has 0 bridgehead atoms. The van der Waals surface area contributed by atoms with E-state index in [4.69, 9.17) is 0 Å². The zero-order valence-electron chi connectivity index (χ0n) is 11.9. The summed E-state index contributed by atoms with van der Waals surface area (Å²) in [5, 5.41) is 4.98. The monoisotopic (exact) mass is 306 g/mol. The Morgan fingerprint density at radius 2 is 2.14 bits per heavy atom. The highest BCUT2D eigenvalue weighted by Gasteiger charge is 2.29. The number of amides is 3. The highest BCUT2D eigenvalue weighted by Crippen LogP contribution is 2.32. The Kier molecular flexibility index (Phi) is 3.80. The number of rotatable bonds is 2. The lowest BCUT2D eigenvalue weighted by atomic mass is 9.90. The van der Waals surface area contributed by atoms with Crippen molar-refractivity contribution in [1.82, 2.24) is 10.6 Å². The van der Waals surface area contributed by atoms with E-state index in [1.165, 1.54) is 28.2 Å². The SMILES string of the molecule is CC1CCc2sc(C(=O)NC3CCC(=O)NC3=O)cc2C1. The number of imide groups is 1. The van der Waals surface area contributed by atoms with Crippen molar-refractivity contribution in [2.24, 2.45) is 5.92 Å². The summed E-state index contributed by atoms with van der Waals surface area (Å²) in [6.07, 6.45) is 3.87. The number of carbonyl (C=O) groups is 3. The average molecular weight is 306 g/mol. The van der Waals surface area contributed by atoms with E-state index >= 15 is 0 Å². The summed E-state index contributed by atoms with van der Waals surface area (Å²) in [4.78, 5) is 37.0. The van der Waals surface area contributed by atoms with Crippen LogP contribution in [0.4, 0.5) is 0 Å². The number of hydrogen-bond donors (Lipinski definition) is 2.